The number of hydrogen-bond acceptors (Lipinski definition) is 5. The zero-order valence-electron chi connectivity index (χ0n) is 15.7. The van der Waals surface area contributed by atoms with Crippen LogP contribution < -0.4 is 14.8 Å². The molecule has 0 unspecified atom stereocenters. The first-order valence-corrected chi connectivity index (χ1v) is 10.6. The van der Waals surface area contributed by atoms with E-state index in [4.69, 9.17) is 4.74 Å². The molecule has 9 heteroatoms. The van der Waals surface area contributed by atoms with Gasteiger partial charge in [-0.25, -0.2) is 13.1 Å². The summed E-state index contributed by atoms with van der Waals surface area (Å²) in [6, 6.07) is 13.4. The Hall–Kier alpha value is -3.17. The third-order valence-electron chi connectivity index (χ3n) is 4.57. The molecule has 150 valence electrons. The molecule has 8 nitrogen and oxygen atoms in total. The Morgan fingerprint density at radius 3 is 2.52 bits per heavy atom. The van der Waals surface area contributed by atoms with Gasteiger partial charge in [-0.3, -0.25) is 9.89 Å². The fourth-order valence-corrected chi connectivity index (χ4v) is 4.36. The predicted molar refractivity (Wildman–Crippen MR) is 108 cm³/mol. The number of anilines is 1. The number of hydrogen-bond donors (Lipinski definition) is 3. The van der Waals surface area contributed by atoms with Crippen LogP contribution in [-0.2, 0) is 10.0 Å². The Kier molecular flexibility index (Phi) is 5.08. The number of amides is 1. The van der Waals surface area contributed by atoms with Crippen LogP contribution in [0.2, 0.25) is 0 Å². The normalized spacial score (nSPS) is 13.8. The van der Waals surface area contributed by atoms with Crippen molar-refractivity contribution in [2.45, 2.75) is 23.8 Å². The standard InChI is InChI=1S/C20H20N4O4S/c1-28-18-9-4-14(12-19(18)29(26,27)24-16-7-8-16)20(25)22-15-5-2-13(3-6-15)17-10-11-21-23-17/h2-6,9-12,16,24H,7-8H2,1H3,(H,21,23)(H,22,25). The number of methoxy groups -OCH3 is 1. The Bertz CT molecular complexity index is 1120. The number of H-pyrrole nitrogens is 1. The molecule has 0 aliphatic heterocycles. The minimum absolute atomic E-state index is 0.0458. The third-order valence-corrected chi connectivity index (χ3v) is 6.11. The number of aromatic amines is 1. The molecule has 0 radical (unpaired) electrons. The molecule has 2 aromatic carbocycles. The molecule has 1 aromatic heterocycles. The highest BCUT2D eigenvalue weighted by Crippen LogP contribution is 2.28. The molecule has 0 saturated heterocycles. The fraction of sp³-hybridized carbons (Fsp3) is 0.200. The maximum atomic E-state index is 12.7. The highest BCUT2D eigenvalue weighted by atomic mass is 32.2. The molecule has 1 heterocycles. The monoisotopic (exact) mass is 412 g/mol. The molecule has 0 atom stereocenters. The van der Waals surface area contributed by atoms with Crippen molar-refractivity contribution in [2.24, 2.45) is 0 Å². The minimum Gasteiger partial charge on any atom is -0.495 e. The molecule has 3 N–H and O–H groups in total. The van der Waals surface area contributed by atoms with E-state index in [-0.39, 0.29) is 22.3 Å². The maximum Gasteiger partial charge on any atom is 0.255 e. The molecule has 0 spiro atoms. The molecule has 0 bridgehead atoms. The van der Waals surface area contributed by atoms with Crippen LogP contribution in [0.5, 0.6) is 5.75 Å². The summed E-state index contributed by atoms with van der Waals surface area (Å²) in [5.41, 5.74) is 2.62. The summed E-state index contributed by atoms with van der Waals surface area (Å²) in [7, 11) is -2.37. The van der Waals surface area contributed by atoms with Gasteiger partial charge in [0.15, 0.2) is 0 Å². The van der Waals surface area contributed by atoms with Crippen molar-refractivity contribution in [3.05, 3.63) is 60.3 Å². The van der Waals surface area contributed by atoms with E-state index in [0.717, 1.165) is 24.1 Å². The van der Waals surface area contributed by atoms with Crippen LogP contribution in [0.25, 0.3) is 11.3 Å². The topological polar surface area (TPSA) is 113 Å². The molecule has 4 rings (SSSR count). The Morgan fingerprint density at radius 1 is 1.14 bits per heavy atom. The summed E-state index contributed by atoms with van der Waals surface area (Å²) in [6.45, 7) is 0. The zero-order chi connectivity index (χ0) is 20.4. The molecule has 1 saturated carbocycles. The lowest BCUT2D eigenvalue weighted by atomic mass is 10.1. The van der Waals surface area contributed by atoms with Crippen LogP contribution >= 0.6 is 0 Å². The molecule has 1 aliphatic carbocycles. The average Bonchev–Trinajstić information content (AvgIpc) is 3.35. The van der Waals surface area contributed by atoms with Gasteiger partial charge in [0, 0.05) is 23.5 Å². The summed E-state index contributed by atoms with van der Waals surface area (Å²) in [4.78, 5) is 12.6. The number of benzene rings is 2. The van der Waals surface area contributed by atoms with Gasteiger partial charge in [0.2, 0.25) is 10.0 Å². The van der Waals surface area contributed by atoms with Crippen molar-refractivity contribution >= 4 is 21.6 Å². The van der Waals surface area contributed by atoms with E-state index in [1.54, 1.807) is 18.3 Å². The second-order valence-corrected chi connectivity index (χ2v) is 8.45. The molecule has 1 fully saturated rings. The molecule has 1 amide bonds. The lowest BCUT2D eigenvalue weighted by molar-refractivity contribution is 0.102. The number of rotatable bonds is 7. The van der Waals surface area contributed by atoms with Crippen molar-refractivity contribution < 1.29 is 17.9 Å². The number of sulfonamides is 1. The Labute approximate surface area is 168 Å². The number of nitrogens with zero attached hydrogens (tertiary/aromatic N) is 1. The van der Waals surface area contributed by atoms with Gasteiger partial charge >= 0.3 is 0 Å². The van der Waals surface area contributed by atoms with E-state index in [1.807, 2.05) is 18.2 Å². The van der Waals surface area contributed by atoms with Crippen LogP contribution in [0.1, 0.15) is 23.2 Å². The summed E-state index contributed by atoms with van der Waals surface area (Å²) in [5, 5.41) is 9.57. The number of aromatic nitrogens is 2. The smallest absolute Gasteiger partial charge is 0.255 e. The second kappa shape index (κ2) is 7.69. The van der Waals surface area contributed by atoms with Gasteiger partial charge in [0.25, 0.3) is 5.91 Å². The summed E-state index contributed by atoms with van der Waals surface area (Å²) in [6.07, 6.45) is 3.30. The SMILES string of the molecule is COc1ccc(C(=O)Nc2ccc(-c3ccn[nH]3)cc2)cc1S(=O)(=O)NC1CC1. The first-order valence-electron chi connectivity index (χ1n) is 9.08. The quantitative estimate of drug-likeness (QED) is 0.552. The van der Waals surface area contributed by atoms with E-state index in [1.165, 1.54) is 25.3 Å². The van der Waals surface area contributed by atoms with Gasteiger partial charge in [0.1, 0.15) is 10.6 Å². The van der Waals surface area contributed by atoms with Gasteiger partial charge in [0.05, 0.1) is 12.8 Å². The lowest BCUT2D eigenvalue weighted by Gasteiger charge is -2.12. The van der Waals surface area contributed by atoms with Crippen molar-refractivity contribution in [2.75, 3.05) is 12.4 Å². The lowest BCUT2D eigenvalue weighted by Crippen LogP contribution is -2.26. The highest BCUT2D eigenvalue weighted by molar-refractivity contribution is 7.89. The van der Waals surface area contributed by atoms with Crippen LogP contribution in [-0.4, -0.2) is 37.7 Å². The molecular formula is C20H20N4O4S. The van der Waals surface area contributed by atoms with Crippen LogP contribution in [0.3, 0.4) is 0 Å². The summed E-state index contributed by atoms with van der Waals surface area (Å²) >= 11 is 0. The third kappa shape index (κ3) is 4.30. The van der Waals surface area contributed by atoms with Crippen molar-refractivity contribution in [1.29, 1.82) is 0 Å². The van der Waals surface area contributed by atoms with Gasteiger partial charge in [-0.2, -0.15) is 5.10 Å². The minimum atomic E-state index is -3.76. The maximum absolute atomic E-state index is 12.7. The second-order valence-electron chi connectivity index (χ2n) is 6.76. The van der Waals surface area contributed by atoms with Crippen LogP contribution in [0, 0.1) is 0 Å². The molecule has 29 heavy (non-hydrogen) atoms. The Balaban J connectivity index is 1.54. The van der Waals surface area contributed by atoms with Gasteiger partial charge in [-0.15, -0.1) is 0 Å². The Morgan fingerprint density at radius 2 is 1.90 bits per heavy atom. The van der Waals surface area contributed by atoms with Gasteiger partial charge in [-0.05, 0) is 54.8 Å². The van der Waals surface area contributed by atoms with Crippen molar-refractivity contribution in [1.82, 2.24) is 14.9 Å². The van der Waals surface area contributed by atoms with Crippen molar-refractivity contribution in [3.63, 3.8) is 0 Å². The summed E-state index contributed by atoms with van der Waals surface area (Å²) in [5.74, 6) is -0.219. The number of carbonyl (C=O) groups excluding carboxylic acids is 1. The average molecular weight is 412 g/mol. The van der Waals surface area contributed by atoms with Crippen LogP contribution in [0.4, 0.5) is 5.69 Å². The van der Waals surface area contributed by atoms with E-state index in [0.29, 0.717) is 5.69 Å². The van der Waals surface area contributed by atoms with E-state index < -0.39 is 15.9 Å². The fourth-order valence-electron chi connectivity index (χ4n) is 2.87. The molecular weight excluding hydrogens is 392 g/mol. The molecule has 3 aromatic rings. The first-order chi connectivity index (χ1) is 14.0. The largest absolute Gasteiger partial charge is 0.495 e. The van der Waals surface area contributed by atoms with Crippen molar-refractivity contribution in [3.8, 4) is 17.0 Å². The van der Waals surface area contributed by atoms with Crippen LogP contribution in [0.15, 0.2) is 59.6 Å². The van der Waals surface area contributed by atoms with Gasteiger partial charge in [-0.1, -0.05) is 12.1 Å². The number of nitrogens with one attached hydrogen (secondary N) is 3. The predicted octanol–water partition coefficient (Wildman–Crippen LogP) is 2.78. The molecule has 1 aliphatic rings. The first kappa shape index (κ1) is 19.2. The summed E-state index contributed by atoms with van der Waals surface area (Å²) < 4.78 is 33.0. The van der Waals surface area contributed by atoms with E-state index in [9.17, 15) is 13.2 Å². The van der Waals surface area contributed by atoms with Gasteiger partial charge < -0.3 is 10.1 Å². The van der Waals surface area contributed by atoms with E-state index in [2.05, 4.69) is 20.2 Å². The highest BCUT2D eigenvalue weighted by Gasteiger charge is 2.30. The van der Waals surface area contributed by atoms with E-state index >= 15 is 0 Å². The number of ether oxygens (including phenoxy) is 1. The number of carbonyl (C=O) groups is 1. The zero-order valence-corrected chi connectivity index (χ0v) is 16.5.